The first kappa shape index (κ1) is 23.3. The van der Waals surface area contributed by atoms with Crippen LogP contribution in [0.3, 0.4) is 0 Å². The molecule has 4 aromatic rings. The largest absolute Gasteiger partial charge is 0.391 e. The minimum absolute atomic E-state index is 0.0133. The monoisotopic (exact) mass is 486 g/mol. The number of aliphatic hydroxyl groups is 1. The molecule has 0 saturated carbocycles. The highest BCUT2D eigenvalue weighted by Crippen LogP contribution is 2.31. The number of hydrogen-bond donors (Lipinski definition) is 3. The van der Waals surface area contributed by atoms with Crippen molar-refractivity contribution < 1.29 is 9.90 Å². The highest BCUT2D eigenvalue weighted by Gasteiger charge is 2.32. The summed E-state index contributed by atoms with van der Waals surface area (Å²) in [5.41, 5.74) is 9.48. The van der Waals surface area contributed by atoms with Crippen molar-refractivity contribution in [2.24, 2.45) is 11.7 Å². The number of primary amides is 1. The Morgan fingerprint density at radius 3 is 2.69 bits per heavy atom. The number of fused-ring (bicyclic) bond motifs is 1. The van der Waals surface area contributed by atoms with E-state index in [1.165, 1.54) is 18.6 Å². The maximum Gasteiger partial charge on any atom is 0.252 e. The van der Waals surface area contributed by atoms with Gasteiger partial charge in [-0.3, -0.25) is 9.48 Å². The molecule has 1 aliphatic heterocycles. The summed E-state index contributed by atoms with van der Waals surface area (Å²) in [6.45, 7) is 5.54. The van der Waals surface area contributed by atoms with Crippen LogP contribution in [-0.4, -0.2) is 65.6 Å². The number of nitrogens with zero attached hydrogens (tertiary/aromatic N) is 8. The molecule has 184 valence electrons. The van der Waals surface area contributed by atoms with E-state index in [0.29, 0.717) is 47.9 Å². The van der Waals surface area contributed by atoms with Gasteiger partial charge in [0.1, 0.15) is 6.07 Å². The number of aliphatic hydroxyl groups excluding tert-OH is 1. The van der Waals surface area contributed by atoms with Crippen molar-refractivity contribution in [1.29, 1.82) is 5.26 Å². The van der Waals surface area contributed by atoms with E-state index >= 15 is 0 Å². The van der Waals surface area contributed by atoms with Crippen LogP contribution < -0.4 is 16.0 Å². The molecule has 0 aromatic carbocycles. The van der Waals surface area contributed by atoms with Crippen LogP contribution in [-0.2, 0) is 6.54 Å². The van der Waals surface area contributed by atoms with Gasteiger partial charge in [0.2, 0.25) is 5.95 Å². The maximum absolute atomic E-state index is 12.3. The van der Waals surface area contributed by atoms with Crippen molar-refractivity contribution in [2.45, 2.75) is 32.5 Å². The molecule has 0 spiro atoms. The second kappa shape index (κ2) is 9.27. The highest BCUT2D eigenvalue weighted by molar-refractivity contribution is 6.02. The third-order valence-corrected chi connectivity index (χ3v) is 6.31. The molecular formula is C24H26N10O2. The van der Waals surface area contributed by atoms with Crippen molar-refractivity contribution >= 4 is 23.1 Å². The Morgan fingerprint density at radius 1 is 1.22 bits per heavy atom. The van der Waals surface area contributed by atoms with Crippen LogP contribution in [0.25, 0.3) is 16.6 Å². The number of nitriles is 1. The molecule has 5 rings (SSSR count). The van der Waals surface area contributed by atoms with Gasteiger partial charge in [0, 0.05) is 42.7 Å². The number of amides is 1. The molecular weight excluding hydrogens is 460 g/mol. The second-order valence-electron chi connectivity index (χ2n) is 9.17. The molecule has 3 atom stereocenters. The van der Waals surface area contributed by atoms with Crippen molar-refractivity contribution in [3.63, 3.8) is 0 Å². The van der Waals surface area contributed by atoms with Crippen molar-refractivity contribution in [1.82, 2.24) is 29.4 Å². The predicted octanol–water partition coefficient (Wildman–Crippen LogP) is 1.28. The normalized spacial score (nSPS) is 18.3. The SMILES string of the molecule is C[C@@H]1CN(c2ncc(C#N)cn2)C[C@H]1Nc1c(C(N)=O)cnn2cc(-c3cnn(C[C@@H](C)O)c3)cc12. The van der Waals surface area contributed by atoms with Gasteiger partial charge in [-0.25, -0.2) is 14.5 Å². The zero-order chi connectivity index (χ0) is 25.4. The molecule has 5 heterocycles. The molecule has 0 aliphatic carbocycles. The number of rotatable bonds is 7. The number of aromatic nitrogens is 6. The summed E-state index contributed by atoms with van der Waals surface area (Å²) in [4.78, 5) is 23.0. The number of carbonyl (C=O) groups excluding carboxylic acids is 1. The molecule has 4 N–H and O–H groups in total. The Bertz CT molecular complexity index is 1450. The van der Waals surface area contributed by atoms with E-state index in [4.69, 9.17) is 11.0 Å². The first-order valence-electron chi connectivity index (χ1n) is 11.6. The van der Waals surface area contributed by atoms with E-state index in [2.05, 4.69) is 32.4 Å². The lowest BCUT2D eigenvalue weighted by atomic mass is 10.1. The summed E-state index contributed by atoms with van der Waals surface area (Å²) in [6, 6.07) is 3.95. The minimum atomic E-state index is -0.571. The Labute approximate surface area is 207 Å². The van der Waals surface area contributed by atoms with Gasteiger partial charge in [-0.15, -0.1) is 0 Å². The number of anilines is 2. The molecule has 1 aliphatic rings. The predicted molar refractivity (Wildman–Crippen MR) is 132 cm³/mol. The molecule has 1 saturated heterocycles. The smallest absolute Gasteiger partial charge is 0.252 e. The number of carbonyl (C=O) groups is 1. The van der Waals surface area contributed by atoms with Gasteiger partial charge in [0.15, 0.2) is 0 Å². The van der Waals surface area contributed by atoms with Crippen LogP contribution in [0.5, 0.6) is 0 Å². The van der Waals surface area contributed by atoms with Crippen LogP contribution in [0.15, 0.2) is 43.2 Å². The van der Waals surface area contributed by atoms with Gasteiger partial charge in [-0.05, 0) is 18.9 Å². The topological polar surface area (TPSA) is 163 Å². The average Bonchev–Trinajstić information content (AvgIpc) is 3.57. The molecule has 0 radical (unpaired) electrons. The summed E-state index contributed by atoms with van der Waals surface area (Å²) in [5, 5.41) is 30.9. The van der Waals surface area contributed by atoms with Gasteiger partial charge in [-0.2, -0.15) is 15.5 Å². The number of nitrogens with one attached hydrogen (secondary N) is 1. The molecule has 0 bridgehead atoms. The first-order valence-corrected chi connectivity index (χ1v) is 11.6. The number of hydrogen-bond acceptors (Lipinski definition) is 9. The lowest BCUT2D eigenvalue weighted by Gasteiger charge is -2.20. The molecule has 36 heavy (non-hydrogen) atoms. The van der Waals surface area contributed by atoms with E-state index in [0.717, 1.165) is 11.1 Å². The second-order valence-corrected chi connectivity index (χ2v) is 9.17. The summed E-state index contributed by atoms with van der Waals surface area (Å²) in [7, 11) is 0. The van der Waals surface area contributed by atoms with Gasteiger partial charge in [-0.1, -0.05) is 6.92 Å². The molecule has 4 aromatic heterocycles. The maximum atomic E-state index is 12.3. The summed E-state index contributed by atoms with van der Waals surface area (Å²) < 4.78 is 3.39. The first-order chi connectivity index (χ1) is 17.3. The van der Waals surface area contributed by atoms with Gasteiger partial charge >= 0.3 is 0 Å². The van der Waals surface area contributed by atoms with E-state index in [1.54, 1.807) is 22.3 Å². The molecule has 12 heteroatoms. The number of nitrogens with two attached hydrogens (primary N) is 1. The average molecular weight is 487 g/mol. The van der Waals surface area contributed by atoms with Crippen molar-refractivity contribution in [3.05, 3.63) is 54.4 Å². The van der Waals surface area contributed by atoms with Crippen LogP contribution in [0.2, 0.25) is 0 Å². The lowest BCUT2D eigenvalue weighted by Crippen LogP contribution is -2.30. The Hall–Kier alpha value is -4.50. The van der Waals surface area contributed by atoms with Crippen LogP contribution in [0.4, 0.5) is 11.6 Å². The fourth-order valence-corrected chi connectivity index (χ4v) is 4.48. The fraction of sp³-hybridized carbons (Fsp3) is 0.333. The van der Waals surface area contributed by atoms with Crippen LogP contribution in [0, 0.1) is 17.2 Å². The quantitative estimate of drug-likeness (QED) is 0.349. The van der Waals surface area contributed by atoms with Gasteiger partial charge < -0.3 is 21.1 Å². The van der Waals surface area contributed by atoms with Crippen LogP contribution >= 0.6 is 0 Å². The van der Waals surface area contributed by atoms with Crippen molar-refractivity contribution in [2.75, 3.05) is 23.3 Å². The Balaban J connectivity index is 1.45. The lowest BCUT2D eigenvalue weighted by molar-refractivity contribution is 0.100. The molecule has 0 unspecified atom stereocenters. The zero-order valence-corrected chi connectivity index (χ0v) is 19.9. The Kier molecular flexibility index (Phi) is 5.99. The molecule has 1 amide bonds. The van der Waals surface area contributed by atoms with Crippen LogP contribution in [0.1, 0.15) is 29.8 Å². The van der Waals surface area contributed by atoms with Gasteiger partial charge in [0.25, 0.3) is 5.91 Å². The molecule has 1 fully saturated rings. The zero-order valence-electron chi connectivity index (χ0n) is 19.9. The summed E-state index contributed by atoms with van der Waals surface area (Å²) >= 11 is 0. The molecule has 12 nitrogen and oxygen atoms in total. The van der Waals surface area contributed by atoms with E-state index in [-0.39, 0.29) is 12.0 Å². The van der Waals surface area contributed by atoms with E-state index in [1.807, 2.05) is 29.4 Å². The Morgan fingerprint density at radius 2 is 2.00 bits per heavy atom. The standard InChI is InChI=1S/C24H26N10O2/c1-14-9-32(24-27-5-16(4-25)6-28-24)13-20(14)31-22-19(23(26)36)8-30-34-12-17(3-21(22)34)18-7-29-33(11-18)10-15(2)35/h3,5-8,11-12,14-15,20,31,35H,9-10,13H2,1-2H3,(H2,26,36)/t14-,15-,20-/m1/s1. The van der Waals surface area contributed by atoms with Gasteiger partial charge in [0.05, 0.1) is 59.8 Å². The minimum Gasteiger partial charge on any atom is -0.391 e. The summed E-state index contributed by atoms with van der Waals surface area (Å²) in [5.74, 6) is 0.198. The third-order valence-electron chi connectivity index (χ3n) is 6.31. The summed E-state index contributed by atoms with van der Waals surface area (Å²) in [6.07, 6.45) is 9.44. The third kappa shape index (κ3) is 4.44. The van der Waals surface area contributed by atoms with Crippen molar-refractivity contribution in [3.8, 4) is 17.2 Å². The van der Waals surface area contributed by atoms with E-state index in [9.17, 15) is 9.90 Å². The highest BCUT2D eigenvalue weighted by atomic mass is 16.3. The fourth-order valence-electron chi connectivity index (χ4n) is 4.48. The van der Waals surface area contributed by atoms with E-state index < -0.39 is 12.0 Å².